The molecule has 3 nitrogen and oxygen atoms in total. The van der Waals surface area contributed by atoms with E-state index in [9.17, 15) is 4.39 Å². The van der Waals surface area contributed by atoms with Crippen LogP contribution in [-0.2, 0) is 4.74 Å². The molecule has 1 aliphatic carbocycles. The van der Waals surface area contributed by atoms with Gasteiger partial charge in [0.05, 0.1) is 17.8 Å². The Hall–Kier alpha value is -1.60. The Labute approximate surface area is 118 Å². The van der Waals surface area contributed by atoms with Gasteiger partial charge in [0.1, 0.15) is 23.7 Å². The van der Waals surface area contributed by atoms with Crippen molar-refractivity contribution in [3.05, 3.63) is 29.6 Å². The Morgan fingerprint density at radius 1 is 1.35 bits per heavy atom. The third-order valence-electron chi connectivity index (χ3n) is 4.33. The van der Waals surface area contributed by atoms with Crippen molar-refractivity contribution in [1.82, 2.24) is 0 Å². The van der Waals surface area contributed by atoms with E-state index in [1.54, 1.807) is 6.07 Å². The molecule has 1 spiro atoms. The van der Waals surface area contributed by atoms with Crippen LogP contribution in [0.15, 0.2) is 18.2 Å². The van der Waals surface area contributed by atoms with Crippen LogP contribution in [0.2, 0.25) is 0 Å². The molecule has 1 aromatic carbocycles. The summed E-state index contributed by atoms with van der Waals surface area (Å²) in [6.07, 6.45) is 6.45. The molecule has 2 fully saturated rings. The molecule has 20 heavy (non-hydrogen) atoms. The lowest BCUT2D eigenvalue weighted by atomic mass is 9.90. The van der Waals surface area contributed by atoms with Crippen LogP contribution in [0.25, 0.3) is 0 Å². The Bertz CT molecular complexity index is 532. The quantitative estimate of drug-likeness (QED) is 0.828. The van der Waals surface area contributed by atoms with Crippen LogP contribution in [-0.4, -0.2) is 18.3 Å². The fourth-order valence-electron chi connectivity index (χ4n) is 3.30. The van der Waals surface area contributed by atoms with Crippen LogP contribution in [0, 0.1) is 17.1 Å². The number of hydrogen-bond acceptors (Lipinski definition) is 3. The van der Waals surface area contributed by atoms with E-state index in [-0.39, 0.29) is 17.3 Å². The van der Waals surface area contributed by atoms with Gasteiger partial charge in [-0.15, -0.1) is 0 Å². The number of benzene rings is 1. The van der Waals surface area contributed by atoms with Crippen molar-refractivity contribution < 1.29 is 13.9 Å². The van der Waals surface area contributed by atoms with Gasteiger partial charge < -0.3 is 9.47 Å². The van der Waals surface area contributed by atoms with Crippen LogP contribution in [0.5, 0.6) is 5.75 Å². The van der Waals surface area contributed by atoms with Crippen molar-refractivity contribution in [2.24, 2.45) is 0 Å². The average Bonchev–Trinajstić information content (AvgIpc) is 2.87. The van der Waals surface area contributed by atoms with Crippen molar-refractivity contribution >= 4 is 0 Å². The molecule has 1 atom stereocenters. The molecule has 0 aromatic heterocycles. The maximum Gasteiger partial charge on any atom is 0.144 e. The molecule has 0 amide bonds. The number of nitrogens with zero attached hydrogens (tertiary/aromatic N) is 1. The SMILES string of the molecule is N#Cc1ccc(OC2CCOC3(CCCC3)C2)cc1F. The molecule has 2 aliphatic rings. The van der Waals surface area contributed by atoms with Gasteiger partial charge >= 0.3 is 0 Å². The zero-order valence-electron chi connectivity index (χ0n) is 11.4. The first-order valence-electron chi connectivity index (χ1n) is 7.21. The molecule has 1 aromatic rings. The summed E-state index contributed by atoms with van der Waals surface area (Å²) in [5, 5.41) is 8.72. The first-order chi connectivity index (χ1) is 9.71. The van der Waals surface area contributed by atoms with Gasteiger partial charge in [0, 0.05) is 18.9 Å². The van der Waals surface area contributed by atoms with Crippen LogP contribution >= 0.6 is 0 Å². The van der Waals surface area contributed by atoms with E-state index < -0.39 is 5.82 Å². The normalized spacial score (nSPS) is 24.5. The van der Waals surface area contributed by atoms with Crippen molar-refractivity contribution in [2.45, 2.75) is 50.2 Å². The topological polar surface area (TPSA) is 42.2 Å². The van der Waals surface area contributed by atoms with Crippen molar-refractivity contribution in [2.75, 3.05) is 6.61 Å². The van der Waals surface area contributed by atoms with Crippen molar-refractivity contribution in [3.8, 4) is 11.8 Å². The molecule has 1 heterocycles. The molecule has 1 aliphatic heterocycles. The molecule has 1 saturated carbocycles. The predicted molar refractivity (Wildman–Crippen MR) is 71.9 cm³/mol. The van der Waals surface area contributed by atoms with Crippen LogP contribution in [0.4, 0.5) is 4.39 Å². The lowest BCUT2D eigenvalue weighted by molar-refractivity contribution is -0.108. The van der Waals surface area contributed by atoms with Gasteiger partial charge in [-0.05, 0) is 25.0 Å². The van der Waals surface area contributed by atoms with Gasteiger partial charge in [-0.25, -0.2) is 4.39 Å². The summed E-state index contributed by atoms with van der Waals surface area (Å²) >= 11 is 0. The number of halogens is 1. The van der Waals surface area contributed by atoms with E-state index in [0.29, 0.717) is 12.4 Å². The van der Waals surface area contributed by atoms with E-state index in [1.807, 2.05) is 6.07 Å². The monoisotopic (exact) mass is 275 g/mol. The Balaban J connectivity index is 1.68. The smallest absolute Gasteiger partial charge is 0.144 e. The molecular weight excluding hydrogens is 257 g/mol. The van der Waals surface area contributed by atoms with Gasteiger partial charge in [0.25, 0.3) is 0 Å². The van der Waals surface area contributed by atoms with Gasteiger partial charge in [0.2, 0.25) is 0 Å². The molecule has 0 radical (unpaired) electrons. The summed E-state index contributed by atoms with van der Waals surface area (Å²) in [5.41, 5.74) is 0.0465. The first-order valence-corrected chi connectivity index (χ1v) is 7.21. The van der Waals surface area contributed by atoms with Gasteiger partial charge in [-0.1, -0.05) is 12.8 Å². The number of ether oxygens (including phenoxy) is 2. The molecule has 3 rings (SSSR count). The standard InChI is InChI=1S/C16H18FNO2/c17-15-9-13(4-3-12(15)11-18)20-14-5-8-19-16(10-14)6-1-2-7-16/h3-4,9,14H,1-2,5-8,10H2. The Kier molecular flexibility index (Phi) is 3.62. The van der Waals surface area contributed by atoms with E-state index >= 15 is 0 Å². The maximum absolute atomic E-state index is 13.6. The fraction of sp³-hybridized carbons (Fsp3) is 0.562. The minimum Gasteiger partial charge on any atom is -0.490 e. The summed E-state index contributed by atoms with van der Waals surface area (Å²) in [7, 11) is 0. The van der Waals surface area contributed by atoms with Gasteiger partial charge in [0.15, 0.2) is 0 Å². The largest absolute Gasteiger partial charge is 0.490 e. The second-order valence-corrected chi connectivity index (χ2v) is 5.72. The highest BCUT2D eigenvalue weighted by atomic mass is 19.1. The summed E-state index contributed by atoms with van der Waals surface area (Å²) in [6.45, 7) is 0.712. The van der Waals surface area contributed by atoms with Crippen LogP contribution in [0.1, 0.15) is 44.1 Å². The van der Waals surface area contributed by atoms with E-state index in [1.165, 1.54) is 25.0 Å². The molecule has 0 bridgehead atoms. The number of nitriles is 1. The van der Waals surface area contributed by atoms with Crippen molar-refractivity contribution in [1.29, 1.82) is 5.26 Å². The highest BCUT2D eigenvalue weighted by Crippen LogP contribution is 2.40. The zero-order chi connectivity index (χ0) is 14.0. The second kappa shape index (κ2) is 5.41. The fourth-order valence-corrected chi connectivity index (χ4v) is 3.30. The first kappa shape index (κ1) is 13.4. The highest BCUT2D eigenvalue weighted by molar-refractivity contribution is 5.36. The maximum atomic E-state index is 13.6. The molecule has 1 unspecified atom stereocenters. The van der Waals surface area contributed by atoms with Gasteiger partial charge in [-0.2, -0.15) is 5.26 Å². The summed E-state index contributed by atoms with van der Waals surface area (Å²) in [6, 6.07) is 6.25. The summed E-state index contributed by atoms with van der Waals surface area (Å²) < 4.78 is 25.4. The van der Waals surface area contributed by atoms with Crippen LogP contribution < -0.4 is 4.74 Å². The molecule has 106 valence electrons. The zero-order valence-corrected chi connectivity index (χ0v) is 11.4. The lowest BCUT2D eigenvalue weighted by Gasteiger charge is -2.38. The van der Waals surface area contributed by atoms with E-state index in [4.69, 9.17) is 14.7 Å². The Morgan fingerprint density at radius 3 is 2.85 bits per heavy atom. The molecule has 4 heteroatoms. The van der Waals surface area contributed by atoms with Crippen LogP contribution in [0.3, 0.4) is 0 Å². The van der Waals surface area contributed by atoms with Crippen molar-refractivity contribution in [3.63, 3.8) is 0 Å². The summed E-state index contributed by atoms with van der Waals surface area (Å²) in [5.74, 6) is -0.0193. The minimum absolute atomic E-state index is 0.00590. The highest BCUT2D eigenvalue weighted by Gasteiger charge is 2.40. The number of hydrogen-bond donors (Lipinski definition) is 0. The van der Waals surface area contributed by atoms with E-state index in [0.717, 1.165) is 25.7 Å². The number of rotatable bonds is 2. The molecule has 0 N–H and O–H groups in total. The third-order valence-corrected chi connectivity index (χ3v) is 4.33. The van der Waals surface area contributed by atoms with E-state index in [2.05, 4.69) is 0 Å². The molecule has 1 saturated heterocycles. The van der Waals surface area contributed by atoms with Gasteiger partial charge in [-0.3, -0.25) is 0 Å². The average molecular weight is 275 g/mol. The summed E-state index contributed by atoms with van der Waals surface area (Å²) in [4.78, 5) is 0. The Morgan fingerprint density at radius 2 is 2.15 bits per heavy atom. The molecular formula is C16H18FNO2. The third kappa shape index (κ3) is 2.64. The lowest BCUT2D eigenvalue weighted by Crippen LogP contribution is -2.41. The predicted octanol–water partition coefficient (Wildman–Crippen LogP) is 3.57. The minimum atomic E-state index is -0.521. The second-order valence-electron chi connectivity index (χ2n) is 5.72.